The summed E-state index contributed by atoms with van der Waals surface area (Å²) in [7, 11) is 2.90. The van der Waals surface area contributed by atoms with Crippen LogP contribution in [0.5, 0.6) is 5.75 Å². The molecule has 1 amide bonds. The fourth-order valence-electron chi connectivity index (χ4n) is 1.80. The summed E-state index contributed by atoms with van der Waals surface area (Å²) in [6, 6.07) is 6.78. The minimum atomic E-state index is -0.405. The number of carbonyl (C=O) groups is 2. The summed E-state index contributed by atoms with van der Waals surface area (Å²) in [5.41, 5.74) is 1.14. The van der Waals surface area contributed by atoms with Crippen molar-refractivity contribution in [1.82, 2.24) is 5.32 Å². The second kappa shape index (κ2) is 6.47. The molecule has 106 valence electrons. The molecule has 0 spiro atoms. The summed E-state index contributed by atoms with van der Waals surface area (Å²) >= 11 is 1.40. The van der Waals surface area contributed by atoms with Gasteiger partial charge in [0.05, 0.1) is 14.2 Å². The molecule has 0 aromatic heterocycles. The fraction of sp³-hybridized carbons (Fsp3) is 0.286. The highest BCUT2D eigenvalue weighted by Gasteiger charge is 2.24. The van der Waals surface area contributed by atoms with Crippen LogP contribution in [0.2, 0.25) is 0 Å². The molecule has 0 unspecified atom stereocenters. The van der Waals surface area contributed by atoms with Gasteiger partial charge >= 0.3 is 5.97 Å². The number of amides is 1. The molecule has 1 heterocycles. The lowest BCUT2D eigenvalue weighted by atomic mass is 10.2. The molecule has 1 N–H and O–H groups in total. The average Bonchev–Trinajstić information content (AvgIpc) is 2.94. The van der Waals surface area contributed by atoms with Crippen LogP contribution >= 0.6 is 11.8 Å². The van der Waals surface area contributed by atoms with E-state index in [1.807, 2.05) is 0 Å². The maximum atomic E-state index is 12.1. The summed E-state index contributed by atoms with van der Waals surface area (Å²) in [6.45, 7) is 0. The third kappa shape index (κ3) is 3.14. The molecule has 0 saturated carbocycles. The van der Waals surface area contributed by atoms with Gasteiger partial charge < -0.3 is 14.8 Å². The molecule has 1 aliphatic heterocycles. The number of esters is 1. The Hall–Kier alpha value is -1.95. The van der Waals surface area contributed by atoms with Crippen molar-refractivity contribution in [3.8, 4) is 5.75 Å². The zero-order valence-corrected chi connectivity index (χ0v) is 12.1. The Bertz CT molecular complexity index is 551. The predicted octanol–water partition coefficient (Wildman–Crippen LogP) is 1.95. The van der Waals surface area contributed by atoms with Gasteiger partial charge in [-0.05, 0) is 30.7 Å². The van der Waals surface area contributed by atoms with Crippen LogP contribution in [0.3, 0.4) is 0 Å². The third-order valence-corrected chi connectivity index (χ3v) is 3.97. The summed E-state index contributed by atoms with van der Waals surface area (Å²) in [5.74, 6) is 0.805. The molecule has 0 bridgehead atoms. The Labute approximate surface area is 121 Å². The molecule has 0 radical (unpaired) electrons. The van der Waals surface area contributed by atoms with E-state index in [1.54, 1.807) is 31.4 Å². The minimum Gasteiger partial charge on any atom is -0.497 e. The van der Waals surface area contributed by atoms with Gasteiger partial charge in [0.2, 0.25) is 0 Å². The normalized spacial score (nSPS) is 14.1. The average molecular weight is 293 g/mol. The lowest BCUT2D eigenvalue weighted by molar-refractivity contribution is -0.135. The molecule has 5 nitrogen and oxygen atoms in total. The standard InChI is InChI=1S/C14H15NO4S/c1-18-10-5-3-9(4-6-10)13(16)15-11-7-8-20-12(11)14(17)19-2/h3-6H,7-8H2,1-2H3,(H,15,16). The van der Waals surface area contributed by atoms with E-state index in [9.17, 15) is 9.59 Å². The van der Waals surface area contributed by atoms with Crippen molar-refractivity contribution in [3.05, 3.63) is 40.4 Å². The van der Waals surface area contributed by atoms with E-state index in [0.717, 1.165) is 5.75 Å². The number of allylic oxidation sites excluding steroid dienone is 1. The van der Waals surface area contributed by atoms with E-state index in [-0.39, 0.29) is 5.91 Å². The molecule has 2 rings (SSSR count). The van der Waals surface area contributed by atoms with E-state index < -0.39 is 5.97 Å². The monoisotopic (exact) mass is 293 g/mol. The molecular formula is C14H15NO4S. The van der Waals surface area contributed by atoms with Crippen molar-refractivity contribution in [2.45, 2.75) is 6.42 Å². The van der Waals surface area contributed by atoms with E-state index >= 15 is 0 Å². The summed E-state index contributed by atoms with van der Waals surface area (Å²) in [5, 5.41) is 2.78. The van der Waals surface area contributed by atoms with E-state index in [2.05, 4.69) is 5.32 Å². The number of nitrogens with one attached hydrogen (secondary N) is 1. The molecular weight excluding hydrogens is 278 g/mol. The van der Waals surface area contributed by atoms with Gasteiger partial charge in [-0.15, -0.1) is 11.8 Å². The van der Waals surface area contributed by atoms with Gasteiger partial charge in [-0.25, -0.2) is 4.79 Å². The number of thioether (sulfide) groups is 1. The van der Waals surface area contributed by atoms with Crippen molar-refractivity contribution in [3.63, 3.8) is 0 Å². The van der Waals surface area contributed by atoms with Gasteiger partial charge in [-0.1, -0.05) is 0 Å². The van der Waals surface area contributed by atoms with Crippen LogP contribution in [0.1, 0.15) is 16.8 Å². The quantitative estimate of drug-likeness (QED) is 0.860. The Kier molecular flexibility index (Phi) is 4.68. The van der Waals surface area contributed by atoms with Crippen LogP contribution in [-0.4, -0.2) is 31.8 Å². The number of methoxy groups -OCH3 is 2. The summed E-state index contributed by atoms with van der Waals surface area (Å²) in [4.78, 5) is 24.1. The maximum Gasteiger partial charge on any atom is 0.346 e. The van der Waals surface area contributed by atoms with Crippen molar-refractivity contribution in [2.24, 2.45) is 0 Å². The second-order valence-electron chi connectivity index (χ2n) is 4.08. The number of hydrogen-bond donors (Lipinski definition) is 1. The van der Waals surface area contributed by atoms with Crippen LogP contribution in [0, 0.1) is 0 Å². The molecule has 6 heteroatoms. The van der Waals surface area contributed by atoms with Crippen LogP contribution in [0.25, 0.3) is 0 Å². The van der Waals surface area contributed by atoms with Crippen molar-refractivity contribution < 1.29 is 19.1 Å². The first-order valence-electron chi connectivity index (χ1n) is 6.05. The molecule has 0 saturated heterocycles. The predicted molar refractivity (Wildman–Crippen MR) is 76.6 cm³/mol. The third-order valence-electron chi connectivity index (χ3n) is 2.86. The Morgan fingerprint density at radius 2 is 1.90 bits per heavy atom. The molecule has 1 aromatic carbocycles. The Balaban J connectivity index is 2.12. The number of carbonyl (C=O) groups excluding carboxylic acids is 2. The lowest BCUT2D eigenvalue weighted by Gasteiger charge is -2.08. The van der Waals surface area contributed by atoms with Gasteiger partial charge in [0.25, 0.3) is 5.91 Å². The highest BCUT2D eigenvalue weighted by molar-refractivity contribution is 8.04. The number of hydrogen-bond acceptors (Lipinski definition) is 5. The molecule has 0 atom stereocenters. The SMILES string of the molecule is COC(=O)C1=C(NC(=O)c2ccc(OC)cc2)CCS1. The van der Waals surface area contributed by atoms with Crippen LogP contribution in [0.15, 0.2) is 34.9 Å². The van der Waals surface area contributed by atoms with Gasteiger partial charge in [0.1, 0.15) is 10.7 Å². The van der Waals surface area contributed by atoms with Crippen molar-refractivity contribution in [2.75, 3.05) is 20.0 Å². The fourth-order valence-corrected chi connectivity index (χ4v) is 2.84. The first-order valence-corrected chi connectivity index (χ1v) is 7.04. The highest BCUT2D eigenvalue weighted by Crippen LogP contribution is 2.30. The maximum absolute atomic E-state index is 12.1. The van der Waals surface area contributed by atoms with Gasteiger partial charge in [0.15, 0.2) is 0 Å². The van der Waals surface area contributed by atoms with Crippen molar-refractivity contribution >= 4 is 23.6 Å². The van der Waals surface area contributed by atoms with Crippen LogP contribution < -0.4 is 10.1 Å². The molecule has 0 fully saturated rings. The van der Waals surface area contributed by atoms with Crippen LogP contribution in [-0.2, 0) is 9.53 Å². The van der Waals surface area contributed by atoms with E-state index in [4.69, 9.17) is 9.47 Å². The topological polar surface area (TPSA) is 64.6 Å². The molecule has 20 heavy (non-hydrogen) atoms. The number of ether oxygens (including phenoxy) is 2. The smallest absolute Gasteiger partial charge is 0.346 e. The van der Waals surface area contributed by atoms with Gasteiger partial charge in [-0.2, -0.15) is 0 Å². The first kappa shape index (κ1) is 14.5. The summed E-state index contributed by atoms with van der Waals surface area (Å²) < 4.78 is 9.74. The zero-order chi connectivity index (χ0) is 14.5. The second-order valence-corrected chi connectivity index (χ2v) is 5.19. The number of rotatable bonds is 4. The Morgan fingerprint density at radius 3 is 2.50 bits per heavy atom. The van der Waals surface area contributed by atoms with E-state index in [1.165, 1.54) is 18.9 Å². The van der Waals surface area contributed by atoms with Crippen molar-refractivity contribution in [1.29, 1.82) is 0 Å². The minimum absolute atomic E-state index is 0.244. The lowest BCUT2D eigenvalue weighted by Crippen LogP contribution is -2.24. The van der Waals surface area contributed by atoms with Gasteiger partial charge in [-0.3, -0.25) is 4.79 Å². The van der Waals surface area contributed by atoms with E-state index in [0.29, 0.717) is 28.3 Å². The molecule has 0 aliphatic carbocycles. The van der Waals surface area contributed by atoms with Gasteiger partial charge in [0, 0.05) is 17.0 Å². The highest BCUT2D eigenvalue weighted by atomic mass is 32.2. The Morgan fingerprint density at radius 1 is 1.20 bits per heavy atom. The molecule has 1 aliphatic rings. The first-order chi connectivity index (χ1) is 9.65. The summed E-state index contributed by atoms with van der Waals surface area (Å²) in [6.07, 6.45) is 0.650. The van der Waals surface area contributed by atoms with Crippen LogP contribution in [0.4, 0.5) is 0 Å². The number of benzene rings is 1. The largest absolute Gasteiger partial charge is 0.497 e. The zero-order valence-electron chi connectivity index (χ0n) is 11.3. The molecule has 1 aromatic rings.